The highest BCUT2D eigenvalue weighted by Crippen LogP contribution is 2.30. The second-order valence-corrected chi connectivity index (χ2v) is 5.23. The predicted octanol–water partition coefficient (Wildman–Crippen LogP) is 0.184. The van der Waals surface area contributed by atoms with Crippen LogP contribution in [0.1, 0.15) is 0 Å². The lowest BCUT2D eigenvalue weighted by Gasteiger charge is -2.11. The Bertz CT molecular complexity index is 900. The van der Waals surface area contributed by atoms with Gasteiger partial charge < -0.3 is 31.6 Å². The Balaban J connectivity index is 0.00000225. The maximum Gasteiger partial charge on any atom is 0.573 e. The van der Waals surface area contributed by atoms with Crippen molar-refractivity contribution in [3.05, 3.63) is 42.6 Å². The SMILES string of the molecule is COc1ccc2c(c1)c1ccc(OC(F)(F)F)cc1c[n+]2CCO.[Br-]. The lowest BCUT2D eigenvalue weighted by Crippen LogP contribution is -3.00. The van der Waals surface area contributed by atoms with Crippen molar-refractivity contribution in [2.75, 3.05) is 13.7 Å². The fraction of sp³-hybridized carbons (Fsp3) is 0.235. The maximum absolute atomic E-state index is 12.4. The molecule has 0 saturated carbocycles. The van der Waals surface area contributed by atoms with Gasteiger partial charge in [0.05, 0.1) is 17.9 Å². The van der Waals surface area contributed by atoms with Crippen molar-refractivity contribution in [3.63, 3.8) is 0 Å². The van der Waals surface area contributed by atoms with Crippen LogP contribution < -0.4 is 31.0 Å². The Morgan fingerprint density at radius 2 is 1.76 bits per heavy atom. The van der Waals surface area contributed by atoms with Gasteiger partial charge in [-0.3, -0.25) is 0 Å². The fourth-order valence-corrected chi connectivity index (χ4v) is 2.73. The third-order valence-electron chi connectivity index (χ3n) is 3.70. The van der Waals surface area contributed by atoms with Crippen molar-refractivity contribution in [3.8, 4) is 11.5 Å². The first-order valence-corrected chi connectivity index (χ1v) is 7.22. The summed E-state index contributed by atoms with van der Waals surface area (Å²) in [6.07, 6.45) is -3.04. The summed E-state index contributed by atoms with van der Waals surface area (Å²) >= 11 is 0. The Morgan fingerprint density at radius 1 is 1.04 bits per heavy atom. The zero-order chi connectivity index (χ0) is 17.3. The minimum absolute atomic E-state index is 0. The first kappa shape index (κ1) is 19.3. The molecule has 0 saturated heterocycles. The molecule has 0 amide bonds. The van der Waals surface area contributed by atoms with Crippen LogP contribution in [0.2, 0.25) is 0 Å². The Morgan fingerprint density at radius 3 is 2.40 bits per heavy atom. The summed E-state index contributed by atoms with van der Waals surface area (Å²) in [4.78, 5) is 0. The van der Waals surface area contributed by atoms with Gasteiger partial charge in [-0.25, -0.2) is 0 Å². The number of aliphatic hydroxyl groups excluding tert-OH is 1. The standard InChI is InChI=1S/C17H15F3NO3.BrH/c1-23-12-3-5-16-15(9-12)14-4-2-13(24-17(18,19)20)8-11(14)10-21(16)6-7-22;/h2-5,8-10,22H,6-7H2,1H3;1H/q+1;/p-1. The van der Waals surface area contributed by atoms with Crippen LogP contribution in [0.4, 0.5) is 13.2 Å². The van der Waals surface area contributed by atoms with E-state index in [4.69, 9.17) is 4.74 Å². The molecule has 2 aromatic carbocycles. The van der Waals surface area contributed by atoms with E-state index in [2.05, 4.69) is 4.74 Å². The fourth-order valence-electron chi connectivity index (χ4n) is 2.73. The molecule has 0 aliphatic rings. The molecule has 1 aromatic heterocycles. The van der Waals surface area contributed by atoms with Gasteiger partial charge in [-0.1, -0.05) is 0 Å². The largest absolute Gasteiger partial charge is 1.00 e. The number of rotatable bonds is 4. The molecule has 3 rings (SSSR count). The number of hydrogen-bond donors (Lipinski definition) is 1. The highest BCUT2D eigenvalue weighted by atomic mass is 79.9. The van der Waals surface area contributed by atoms with Gasteiger partial charge in [0.15, 0.2) is 12.7 Å². The van der Waals surface area contributed by atoms with Crippen molar-refractivity contribution < 1.29 is 49.3 Å². The number of halogens is 4. The van der Waals surface area contributed by atoms with Crippen molar-refractivity contribution in [2.45, 2.75) is 12.9 Å². The summed E-state index contributed by atoms with van der Waals surface area (Å²) < 4.78 is 48.2. The molecule has 0 unspecified atom stereocenters. The molecular weight excluding hydrogens is 403 g/mol. The molecular formula is C17H15BrF3NO3. The first-order valence-electron chi connectivity index (χ1n) is 7.22. The molecule has 0 aliphatic heterocycles. The zero-order valence-electron chi connectivity index (χ0n) is 13.2. The third-order valence-corrected chi connectivity index (χ3v) is 3.70. The molecule has 0 spiro atoms. The number of pyridine rings is 1. The molecule has 1 heterocycles. The highest BCUT2D eigenvalue weighted by Gasteiger charge is 2.31. The molecule has 0 radical (unpaired) electrons. The van der Waals surface area contributed by atoms with Crippen LogP contribution in [-0.2, 0) is 6.54 Å². The smallest absolute Gasteiger partial charge is 0.573 e. The van der Waals surface area contributed by atoms with Gasteiger partial charge in [-0.05, 0) is 30.3 Å². The highest BCUT2D eigenvalue weighted by molar-refractivity contribution is 6.04. The Hall–Kier alpha value is -2.06. The number of fused-ring (bicyclic) bond motifs is 3. The number of methoxy groups -OCH3 is 1. The average Bonchev–Trinajstić information content (AvgIpc) is 2.53. The molecule has 0 aliphatic carbocycles. The number of alkyl halides is 3. The molecule has 0 bridgehead atoms. The van der Waals surface area contributed by atoms with E-state index in [-0.39, 0.29) is 29.3 Å². The van der Waals surface area contributed by atoms with Crippen molar-refractivity contribution in [1.29, 1.82) is 0 Å². The molecule has 8 heteroatoms. The first-order chi connectivity index (χ1) is 11.4. The van der Waals surface area contributed by atoms with Gasteiger partial charge in [0, 0.05) is 11.5 Å². The van der Waals surface area contributed by atoms with Crippen LogP contribution in [0.5, 0.6) is 11.5 Å². The molecule has 0 atom stereocenters. The van der Waals surface area contributed by atoms with Gasteiger partial charge in [-0.2, -0.15) is 4.57 Å². The monoisotopic (exact) mass is 417 g/mol. The molecule has 0 fully saturated rings. The van der Waals surface area contributed by atoms with E-state index in [1.807, 2.05) is 12.1 Å². The van der Waals surface area contributed by atoms with Crippen LogP contribution in [0.25, 0.3) is 21.7 Å². The second kappa shape index (κ2) is 7.45. The lowest BCUT2D eigenvalue weighted by molar-refractivity contribution is -0.671. The Labute approximate surface area is 152 Å². The van der Waals surface area contributed by atoms with Gasteiger partial charge in [0.25, 0.3) is 0 Å². The number of benzene rings is 2. The van der Waals surface area contributed by atoms with E-state index in [1.54, 1.807) is 30.0 Å². The van der Waals surface area contributed by atoms with E-state index in [0.717, 1.165) is 16.3 Å². The maximum atomic E-state index is 12.4. The normalized spacial score (nSPS) is 11.4. The molecule has 1 N–H and O–H groups in total. The predicted molar refractivity (Wildman–Crippen MR) is 82.0 cm³/mol. The molecule has 134 valence electrons. The third kappa shape index (κ3) is 4.13. The van der Waals surface area contributed by atoms with E-state index in [0.29, 0.717) is 17.7 Å². The van der Waals surface area contributed by atoms with E-state index in [1.165, 1.54) is 12.1 Å². The minimum atomic E-state index is -4.74. The van der Waals surface area contributed by atoms with Crippen LogP contribution in [0, 0.1) is 0 Å². The quantitative estimate of drug-likeness (QED) is 0.486. The summed E-state index contributed by atoms with van der Waals surface area (Å²) in [6, 6.07) is 9.66. The number of aliphatic hydroxyl groups is 1. The summed E-state index contributed by atoms with van der Waals surface area (Å²) in [6.45, 7) is 0.235. The van der Waals surface area contributed by atoms with Gasteiger partial charge in [0.1, 0.15) is 18.1 Å². The molecule has 3 aromatic rings. The zero-order valence-corrected chi connectivity index (χ0v) is 14.8. The van der Waals surface area contributed by atoms with E-state index in [9.17, 15) is 18.3 Å². The number of hydrogen-bond acceptors (Lipinski definition) is 3. The van der Waals surface area contributed by atoms with Gasteiger partial charge in [0.2, 0.25) is 5.52 Å². The van der Waals surface area contributed by atoms with Crippen LogP contribution in [-0.4, -0.2) is 25.2 Å². The number of ether oxygens (including phenoxy) is 2. The number of aromatic nitrogens is 1. The Kier molecular flexibility index (Phi) is 5.74. The topological polar surface area (TPSA) is 42.6 Å². The van der Waals surface area contributed by atoms with Crippen molar-refractivity contribution in [2.24, 2.45) is 0 Å². The van der Waals surface area contributed by atoms with Crippen molar-refractivity contribution >= 4 is 21.7 Å². The second-order valence-electron chi connectivity index (χ2n) is 5.23. The van der Waals surface area contributed by atoms with Crippen LogP contribution in [0.3, 0.4) is 0 Å². The number of nitrogens with zero attached hydrogens (tertiary/aromatic N) is 1. The van der Waals surface area contributed by atoms with Crippen molar-refractivity contribution in [1.82, 2.24) is 0 Å². The van der Waals surface area contributed by atoms with Crippen LogP contribution >= 0.6 is 0 Å². The molecule has 4 nitrogen and oxygen atoms in total. The average molecular weight is 418 g/mol. The van der Waals surface area contributed by atoms with E-state index >= 15 is 0 Å². The summed E-state index contributed by atoms with van der Waals surface area (Å²) in [5.74, 6) is 0.356. The minimum Gasteiger partial charge on any atom is -1.00 e. The lowest BCUT2D eigenvalue weighted by atomic mass is 10.1. The molecule has 25 heavy (non-hydrogen) atoms. The van der Waals surface area contributed by atoms with Crippen LogP contribution in [0.15, 0.2) is 42.6 Å². The summed E-state index contributed by atoms with van der Waals surface area (Å²) in [5.41, 5.74) is 0.849. The van der Waals surface area contributed by atoms with Gasteiger partial charge in [-0.15, -0.1) is 13.2 Å². The van der Waals surface area contributed by atoms with E-state index < -0.39 is 6.36 Å². The van der Waals surface area contributed by atoms with Gasteiger partial charge >= 0.3 is 6.36 Å². The summed E-state index contributed by atoms with van der Waals surface area (Å²) in [5, 5.41) is 11.4. The summed E-state index contributed by atoms with van der Waals surface area (Å²) in [7, 11) is 1.54.